The third-order valence-corrected chi connectivity index (χ3v) is 3.47. The molecule has 1 aliphatic heterocycles. The van der Waals surface area contributed by atoms with Crippen LogP contribution in [0.3, 0.4) is 0 Å². The van der Waals surface area contributed by atoms with Crippen molar-refractivity contribution in [1.82, 2.24) is 9.80 Å². The smallest absolute Gasteiger partial charge is 0.236 e. The molecule has 0 atom stereocenters. The van der Waals surface area contributed by atoms with E-state index in [9.17, 15) is 4.79 Å². The molecule has 1 fully saturated rings. The summed E-state index contributed by atoms with van der Waals surface area (Å²) in [4.78, 5) is 16.4. The van der Waals surface area contributed by atoms with Crippen molar-refractivity contribution in [3.63, 3.8) is 0 Å². The van der Waals surface area contributed by atoms with E-state index in [2.05, 4.69) is 18.7 Å². The summed E-state index contributed by atoms with van der Waals surface area (Å²) in [5.74, 6) is 0.342. The van der Waals surface area contributed by atoms with Crippen LogP contribution in [0.2, 0.25) is 0 Å². The number of hydrogen-bond donors (Lipinski definition) is 0. The van der Waals surface area contributed by atoms with Crippen molar-refractivity contribution in [3.05, 3.63) is 0 Å². The van der Waals surface area contributed by atoms with Crippen molar-refractivity contribution in [2.24, 2.45) is 0 Å². The third kappa shape index (κ3) is 5.53. The second-order valence-corrected chi connectivity index (χ2v) is 5.07. The van der Waals surface area contributed by atoms with Gasteiger partial charge in [-0.25, -0.2) is 0 Å². The highest BCUT2D eigenvalue weighted by atomic mass is 16.2. The number of likely N-dealkylation sites (tertiary alicyclic amines) is 1. The standard InChI is InChI=1S/C14H28N2O/c1-3-5-9-15(10-6-4-2)13-14(17)16-11-7-8-12-16/h3-13H2,1-2H3. The maximum absolute atomic E-state index is 12.1. The number of unbranched alkanes of at least 4 members (excludes halogenated alkanes) is 2. The SMILES string of the molecule is CCCCN(CCCC)CC(=O)N1CCCC1. The molecule has 0 radical (unpaired) electrons. The molecule has 100 valence electrons. The van der Waals surface area contributed by atoms with Gasteiger partial charge in [-0.3, -0.25) is 9.69 Å². The summed E-state index contributed by atoms with van der Waals surface area (Å²) in [6.07, 6.45) is 7.21. The Bertz CT molecular complexity index is 204. The van der Waals surface area contributed by atoms with Crippen LogP contribution in [0, 0.1) is 0 Å². The first-order valence-electron chi connectivity index (χ1n) is 7.28. The number of hydrogen-bond acceptors (Lipinski definition) is 2. The molecule has 1 rings (SSSR count). The predicted octanol–water partition coefficient (Wildman–Crippen LogP) is 2.51. The monoisotopic (exact) mass is 240 g/mol. The first kappa shape index (κ1) is 14.5. The molecular formula is C14H28N2O. The molecule has 0 spiro atoms. The van der Waals surface area contributed by atoms with Gasteiger partial charge < -0.3 is 4.90 Å². The van der Waals surface area contributed by atoms with Crippen LogP contribution in [0.5, 0.6) is 0 Å². The van der Waals surface area contributed by atoms with Crippen LogP contribution in [-0.2, 0) is 4.79 Å². The first-order chi connectivity index (χ1) is 8.27. The fraction of sp³-hybridized carbons (Fsp3) is 0.929. The molecule has 0 N–H and O–H groups in total. The van der Waals surface area contributed by atoms with E-state index < -0.39 is 0 Å². The highest BCUT2D eigenvalue weighted by molar-refractivity contribution is 5.78. The number of nitrogens with zero attached hydrogens (tertiary/aromatic N) is 2. The van der Waals surface area contributed by atoms with E-state index in [-0.39, 0.29) is 0 Å². The molecule has 0 aliphatic carbocycles. The van der Waals surface area contributed by atoms with Gasteiger partial charge in [0.25, 0.3) is 0 Å². The Morgan fingerprint density at radius 3 is 2.06 bits per heavy atom. The normalized spacial score (nSPS) is 15.8. The summed E-state index contributed by atoms with van der Waals surface area (Å²) in [7, 11) is 0. The van der Waals surface area contributed by atoms with E-state index in [1.165, 1.54) is 38.5 Å². The van der Waals surface area contributed by atoms with Crippen molar-refractivity contribution in [2.75, 3.05) is 32.7 Å². The first-order valence-corrected chi connectivity index (χ1v) is 7.28. The molecule has 1 aliphatic rings. The minimum Gasteiger partial charge on any atom is -0.342 e. The molecule has 0 aromatic rings. The average molecular weight is 240 g/mol. The van der Waals surface area contributed by atoms with Crippen LogP contribution < -0.4 is 0 Å². The molecule has 1 heterocycles. The van der Waals surface area contributed by atoms with Gasteiger partial charge in [0.15, 0.2) is 0 Å². The summed E-state index contributed by atoms with van der Waals surface area (Å²) in [6, 6.07) is 0. The van der Waals surface area contributed by atoms with Gasteiger partial charge in [0.1, 0.15) is 0 Å². The van der Waals surface area contributed by atoms with E-state index in [0.29, 0.717) is 12.5 Å². The van der Waals surface area contributed by atoms with Crippen molar-refractivity contribution >= 4 is 5.91 Å². The van der Waals surface area contributed by atoms with Gasteiger partial charge >= 0.3 is 0 Å². The third-order valence-electron chi connectivity index (χ3n) is 3.47. The summed E-state index contributed by atoms with van der Waals surface area (Å²) < 4.78 is 0. The maximum atomic E-state index is 12.1. The Hall–Kier alpha value is -0.570. The van der Waals surface area contributed by atoms with Crippen molar-refractivity contribution in [1.29, 1.82) is 0 Å². The molecule has 0 bridgehead atoms. The predicted molar refractivity (Wildman–Crippen MR) is 72.1 cm³/mol. The summed E-state index contributed by atoms with van der Waals surface area (Å²) in [5.41, 5.74) is 0. The van der Waals surface area contributed by atoms with Crippen LogP contribution >= 0.6 is 0 Å². The van der Waals surface area contributed by atoms with Crippen molar-refractivity contribution < 1.29 is 4.79 Å². The second kappa shape index (κ2) is 8.51. The van der Waals surface area contributed by atoms with Crippen molar-refractivity contribution in [3.8, 4) is 0 Å². The van der Waals surface area contributed by atoms with Gasteiger partial charge in [0, 0.05) is 13.1 Å². The van der Waals surface area contributed by atoms with Gasteiger partial charge in [-0.15, -0.1) is 0 Å². The largest absolute Gasteiger partial charge is 0.342 e. The fourth-order valence-electron chi connectivity index (χ4n) is 2.29. The lowest BCUT2D eigenvalue weighted by Crippen LogP contribution is -2.39. The highest BCUT2D eigenvalue weighted by Crippen LogP contribution is 2.09. The summed E-state index contributed by atoms with van der Waals surface area (Å²) in [6.45, 7) is 9.18. The molecular weight excluding hydrogens is 212 g/mol. The molecule has 3 heteroatoms. The molecule has 17 heavy (non-hydrogen) atoms. The van der Waals surface area contributed by atoms with Gasteiger partial charge in [-0.1, -0.05) is 26.7 Å². The van der Waals surface area contributed by atoms with E-state index in [1.807, 2.05) is 4.90 Å². The highest BCUT2D eigenvalue weighted by Gasteiger charge is 2.19. The number of rotatable bonds is 8. The van der Waals surface area contributed by atoms with E-state index >= 15 is 0 Å². The molecule has 1 amide bonds. The van der Waals surface area contributed by atoms with Gasteiger partial charge in [0.05, 0.1) is 6.54 Å². The van der Waals surface area contributed by atoms with Gasteiger partial charge in [-0.05, 0) is 38.8 Å². The van der Waals surface area contributed by atoms with Crippen LogP contribution in [0.4, 0.5) is 0 Å². The zero-order valence-corrected chi connectivity index (χ0v) is 11.6. The van der Waals surface area contributed by atoms with Crippen molar-refractivity contribution in [2.45, 2.75) is 52.4 Å². The summed E-state index contributed by atoms with van der Waals surface area (Å²) >= 11 is 0. The Kier molecular flexibility index (Phi) is 7.25. The molecule has 0 aromatic carbocycles. The van der Waals surface area contributed by atoms with Crippen LogP contribution in [-0.4, -0.2) is 48.4 Å². The zero-order chi connectivity index (χ0) is 12.5. The van der Waals surface area contributed by atoms with E-state index in [4.69, 9.17) is 0 Å². The lowest BCUT2D eigenvalue weighted by atomic mass is 10.2. The Morgan fingerprint density at radius 1 is 1.06 bits per heavy atom. The van der Waals surface area contributed by atoms with Crippen LogP contribution in [0.1, 0.15) is 52.4 Å². The quantitative estimate of drug-likeness (QED) is 0.651. The van der Waals surface area contributed by atoms with Gasteiger partial charge in [-0.2, -0.15) is 0 Å². The Morgan fingerprint density at radius 2 is 1.59 bits per heavy atom. The van der Waals surface area contributed by atoms with E-state index in [1.54, 1.807) is 0 Å². The number of carbonyl (C=O) groups is 1. The maximum Gasteiger partial charge on any atom is 0.236 e. The average Bonchev–Trinajstić information content (AvgIpc) is 2.86. The molecule has 1 saturated heterocycles. The number of carbonyl (C=O) groups excluding carboxylic acids is 1. The number of amides is 1. The lowest BCUT2D eigenvalue weighted by molar-refractivity contribution is -0.131. The molecule has 3 nitrogen and oxygen atoms in total. The minimum absolute atomic E-state index is 0.342. The Labute approximate surface area is 106 Å². The summed E-state index contributed by atoms with van der Waals surface area (Å²) in [5, 5.41) is 0. The Balaban J connectivity index is 2.31. The molecule has 0 aromatic heterocycles. The molecule has 0 unspecified atom stereocenters. The second-order valence-electron chi connectivity index (χ2n) is 5.07. The van der Waals surface area contributed by atoms with E-state index in [0.717, 1.165) is 26.2 Å². The van der Waals surface area contributed by atoms with Gasteiger partial charge in [0.2, 0.25) is 5.91 Å². The molecule has 0 saturated carbocycles. The zero-order valence-electron chi connectivity index (χ0n) is 11.6. The topological polar surface area (TPSA) is 23.6 Å². The minimum atomic E-state index is 0.342. The van der Waals surface area contributed by atoms with Crippen LogP contribution in [0.25, 0.3) is 0 Å². The van der Waals surface area contributed by atoms with Crippen LogP contribution in [0.15, 0.2) is 0 Å². The lowest BCUT2D eigenvalue weighted by Gasteiger charge is -2.24. The fourth-order valence-corrected chi connectivity index (χ4v) is 2.29.